The topological polar surface area (TPSA) is 50.7 Å². The van der Waals surface area contributed by atoms with Gasteiger partial charge in [0.1, 0.15) is 5.75 Å². The Morgan fingerprint density at radius 2 is 2.17 bits per heavy atom. The molecule has 2 aliphatic carbocycles. The van der Waals surface area contributed by atoms with Crippen molar-refractivity contribution in [1.29, 1.82) is 0 Å². The summed E-state index contributed by atoms with van der Waals surface area (Å²) in [7, 11) is 0. The number of allylic oxidation sites excluding steroid dienone is 1. The number of halogens is 1. The number of ether oxygens (including phenoxy) is 1. The molecule has 3 aliphatic rings. The first-order valence-corrected chi connectivity index (χ1v) is 9.56. The smallest absolute Gasteiger partial charge is 0.261 e. The van der Waals surface area contributed by atoms with Crippen molar-refractivity contribution in [2.24, 2.45) is 16.8 Å². The van der Waals surface area contributed by atoms with Crippen molar-refractivity contribution in [3.8, 4) is 5.75 Å². The number of rotatable bonds is 5. The zero-order valence-electron chi connectivity index (χ0n) is 13.2. The van der Waals surface area contributed by atoms with Crippen molar-refractivity contribution >= 4 is 34.4 Å². The third-order valence-electron chi connectivity index (χ3n) is 4.80. The molecule has 0 aromatic heterocycles. The SMILES string of the molecule is O=C1N=C(NC2CC3C=CC2C3)SC1CCOc1ccccc1Cl. The van der Waals surface area contributed by atoms with Gasteiger partial charge in [0.25, 0.3) is 5.91 Å². The van der Waals surface area contributed by atoms with Gasteiger partial charge in [-0.2, -0.15) is 4.99 Å². The normalized spacial score (nSPS) is 30.7. The molecule has 1 amide bonds. The average Bonchev–Trinajstić information content (AvgIpc) is 3.26. The highest BCUT2D eigenvalue weighted by molar-refractivity contribution is 8.15. The van der Waals surface area contributed by atoms with Crippen molar-refractivity contribution < 1.29 is 9.53 Å². The molecule has 6 heteroatoms. The summed E-state index contributed by atoms with van der Waals surface area (Å²) in [6, 6.07) is 7.80. The second-order valence-corrected chi connectivity index (χ2v) is 8.06. The van der Waals surface area contributed by atoms with E-state index < -0.39 is 0 Å². The van der Waals surface area contributed by atoms with Crippen molar-refractivity contribution in [2.45, 2.75) is 30.6 Å². The van der Waals surface area contributed by atoms with Gasteiger partial charge in [0, 0.05) is 12.5 Å². The van der Waals surface area contributed by atoms with Gasteiger partial charge in [-0.05, 0) is 36.8 Å². The molecule has 0 saturated heterocycles. The Labute approximate surface area is 150 Å². The summed E-state index contributed by atoms with van der Waals surface area (Å²) in [6.45, 7) is 0.451. The van der Waals surface area contributed by atoms with Crippen LogP contribution in [0.3, 0.4) is 0 Å². The molecule has 1 aromatic rings. The van der Waals surface area contributed by atoms with E-state index in [0.717, 1.165) is 11.6 Å². The number of nitrogens with one attached hydrogen (secondary N) is 1. The van der Waals surface area contributed by atoms with Gasteiger partial charge in [-0.15, -0.1) is 0 Å². The Hall–Kier alpha value is -1.46. The number of carbonyl (C=O) groups is 1. The molecular weight excluding hydrogens is 344 g/mol. The minimum atomic E-state index is -0.163. The van der Waals surface area contributed by atoms with Crippen LogP contribution in [0.15, 0.2) is 41.4 Å². The lowest BCUT2D eigenvalue weighted by Gasteiger charge is -2.20. The Balaban J connectivity index is 1.26. The average molecular weight is 363 g/mol. The second-order valence-electron chi connectivity index (χ2n) is 6.46. The molecule has 4 unspecified atom stereocenters. The molecule has 1 aromatic carbocycles. The van der Waals surface area contributed by atoms with Crippen molar-refractivity contribution in [3.05, 3.63) is 41.4 Å². The van der Waals surface area contributed by atoms with E-state index in [0.29, 0.717) is 41.7 Å². The largest absolute Gasteiger partial charge is 0.492 e. The number of hydrogen-bond donors (Lipinski definition) is 1. The van der Waals surface area contributed by atoms with Crippen LogP contribution in [0.25, 0.3) is 0 Å². The highest BCUT2D eigenvalue weighted by atomic mass is 35.5. The number of carbonyl (C=O) groups excluding carboxylic acids is 1. The lowest BCUT2D eigenvalue weighted by Crippen LogP contribution is -2.35. The van der Waals surface area contributed by atoms with Gasteiger partial charge in [0.2, 0.25) is 0 Å². The molecule has 1 saturated carbocycles. The summed E-state index contributed by atoms with van der Waals surface area (Å²) >= 11 is 7.59. The van der Waals surface area contributed by atoms with Crippen LogP contribution in [-0.2, 0) is 4.79 Å². The van der Waals surface area contributed by atoms with E-state index in [2.05, 4.69) is 22.5 Å². The van der Waals surface area contributed by atoms with Gasteiger partial charge in [0.05, 0.1) is 16.9 Å². The molecule has 4 nitrogen and oxygen atoms in total. The standard InChI is InChI=1S/C18H19ClN2O2S/c19-13-3-1-2-4-15(13)23-8-7-16-17(22)21-18(24-16)20-14-10-11-5-6-12(14)9-11/h1-6,11-12,14,16H,7-10H2,(H,20,21,22). The maximum absolute atomic E-state index is 12.1. The number of para-hydroxylation sites is 1. The minimum absolute atomic E-state index is 0.0658. The van der Waals surface area contributed by atoms with Crippen LogP contribution in [0.5, 0.6) is 5.75 Å². The van der Waals surface area contributed by atoms with Crippen LogP contribution in [0.1, 0.15) is 19.3 Å². The number of benzene rings is 1. The van der Waals surface area contributed by atoms with Gasteiger partial charge in [-0.1, -0.05) is 47.6 Å². The predicted molar refractivity (Wildman–Crippen MR) is 97.7 cm³/mol. The fourth-order valence-electron chi connectivity index (χ4n) is 3.58. The number of thioether (sulfide) groups is 1. The molecule has 1 heterocycles. The van der Waals surface area contributed by atoms with E-state index in [1.807, 2.05) is 18.2 Å². The van der Waals surface area contributed by atoms with Crippen molar-refractivity contribution in [1.82, 2.24) is 5.32 Å². The number of aliphatic imine (C=N–C) groups is 1. The molecule has 4 rings (SSSR count). The number of hydrogen-bond acceptors (Lipinski definition) is 4. The predicted octanol–water partition coefficient (Wildman–Crippen LogP) is 3.66. The Kier molecular flexibility index (Phi) is 4.55. The van der Waals surface area contributed by atoms with Crippen LogP contribution in [0.2, 0.25) is 5.02 Å². The molecule has 126 valence electrons. The highest BCUT2D eigenvalue weighted by Gasteiger charge is 2.38. The summed E-state index contributed by atoms with van der Waals surface area (Å²) in [5.41, 5.74) is 0. The Morgan fingerprint density at radius 1 is 1.29 bits per heavy atom. The van der Waals surface area contributed by atoms with Crippen LogP contribution in [0.4, 0.5) is 0 Å². The van der Waals surface area contributed by atoms with Crippen molar-refractivity contribution in [3.63, 3.8) is 0 Å². The van der Waals surface area contributed by atoms with Crippen LogP contribution in [0, 0.1) is 11.8 Å². The minimum Gasteiger partial charge on any atom is -0.492 e. The van der Waals surface area contributed by atoms with Crippen LogP contribution in [-0.4, -0.2) is 29.0 Å². The third kappa shape index (κ3) is 3.33. The van der Waals surface area contributed by atoms with E-state index in [1.54, 1.807) is 6.07 Å². The first kappa shape index (κ1) is 16.0. The van der Waals surface area contributed by atoms with Gasteiger partial charge < -0.3 is 10.1 Å². The molecule has 1 N–H and O–H groups in total. The number of amides is 1. The van der Waals surface area contributed by atoms with E-state index in [9.17, 15) is 4.79 Å². The van der Waals surface area contributed by atoms with Gasteiger partial charge in [-0.25, -0.2) is 0 Å². The fourth-order valence-corrected chi connectivity index (χ4v) is 4.76. The third-order valence-corrected chi connectivity index (χ3v) is 6.27. The van der Waals surface area contributed by atoms with Crippen LogP contribution >= 0.6 is 23.4 Å². The van der Waals surface area contributed by atoms with E-state index in [-0.39, 0.29) is 11.2 Å². The summed E-state index contributed by atoms with van der Waals surface area (Å²) in [6.07, 6.45) is 7.61. The van der Waals surface area contributed by atoms with E-state index in [1.165, 1.54) is 18.2 Å². The van der Waals surface area contributed by atoms with Gasteiger partial charge in [0.15, 0.2) is 5.17 Å². The quantitative estimate of drug-likeness (QED) is 0.812. The van der Waals surface area contributed by atoms with Gasteiger partial charge in [-0.3, -0.25) is 4.79 Å². The molecular formula is C18H19ClN2O2S. The zero-order valence-corrected chi connectivity index (χ0v) is 14.7. The van der Waals surface area contributed by atoms with Crippen LogP contribution < -0.4 is 10.1 Å². The second kappa shape index (κ2) is 6.81. The molecule has 1 fully saturated rings. The number of nitrogens with zero attached hydrogens (tertiary/aromatic N) is 1. The fraction of sp³-hybridized carbons (Fsp3) is 0.444. The van der Waals surface area contributed by atoms with Gasteiger partial charge >= 0.3 is 0 Å². The zero-order chi connectivity index (χ0) is 16.5. The summed E-state index contributed by atoms with van der Waals surface area (Å²) in [4.78, 5) is 16.3. The summed E-state index contributed by atoms with van der Waals surface area (Å²) in [5, 5.41) is 4.66. The summed E-state index contributed by atoms with van der Waals surface area (Å²) in [5.74, 6) is 1.89. The van der Waals surface area contributed by atoms with E-state index in [4.69, 9.17) is 16.3 Å². The molecule has 4 atom stereocenters. The monoisotopic (exact) mass is 362 g/mol. The lowest BCUT2D eigenvalue weighted by molar-refractivity contribution is -0.117. The Bertz CT molecular complexity index is 706. The first-order valence-electron chi connectivity index (χ1n) is 8.30. The maximum Gasteiger partial charge on any atom is 0.261 e. The molecule has 0 spiro atoms. The van der Waals surface area contributed by atoms with E-state index >= 15 is 0 Å². The molecule has 2 bridgehead atoms. The van der Waals surface area contributed by atoms with Crippen molar-refractivity contribution in [2.75, 3.05) is 6.61 Å². The summed E-state index contributed by atoms with van der Waals surface area (Å²) < 4.78 is 5.68. The lowest BCUT2D eigenvalue weighted by atomic mass is 10.0. The highest BCUT2D eigenvalue weighted by Crippen LogP contribution is 2.39. The Morgan fingerprint density at radius 3 is 2.92 bits per heavy atom. The molecule has 0 radical (unpaired) electrons. The number of amidine groups is 1. The molecule has 1 aliphatic heterocycles. The first-order chi connectivity index (χ1) is 11.7. The number of fused-ring (bicyclic) bond motifs is 2. The molecule has 24 heavy (non-hydrogen) atoms. The maximum atomic E-state index is 12.1.